The summed E-state index contributed by atoms with van der Waals surface area (Å²) in [5.41, 5.74) is 0.978. The number of methoxy groups -OCH3 is 1. The predicted octanol–water partition coefficient (Wildman–Crippen LogP) is 3.92. The number of ether oxygens (including phenoxy) is 1. The highest BCUT2D eigenvalue weighted by Gasteiger charge is 2.25. The molecule has 0 saturated carbocycles. The van der Waals surface area contributed by atoms with Crippen molar-refractivity contribution in [2.75, 3.05) is 12.4 Å². The number of rotatable bonds is 7. The van der Waals surface area contributed by atoms with Gasteiger partial charge in [-0.3, -0.25) is 4.79 Å². The maximum Gasteiger partial charge on any atom is 0.241 e. The lowest BCUT2D eigenvalue weighted by Crippen LogP contribution is -2.29. The first-order valence-electron chi connectivity index (χ1n) is 8.57. The summed E-state index contributed by atoms with van der Waals surface area (Å²) in [7, 11) is -2.57. The van der Waals surface area contributed by atoms with Crippen molar-refractivity contribution in [3.05, 3.63) is 76.2 Å². The molecule has 0 aliphatic carbocycles. The molecule has 0 saturated heterocycles. The monoisotopic (exact) mass is 434 g/mol. The number of halogens is 1. The normalized spacial score (nSPS) is 12.4. The van der Waals surface area contributed by atoms with Crippen molar-refractivity contribution in [2.24, 2.45) is 0 Å². The number of hydrogen-bond donors (Lipinski definition) is 2. The third kappa shape index (κ3) is 5.00. The summed E-state index contributed by atoms with van der Waals surface area (Å²) in [5.74, 6) is -0.483. The van der Waals surface area contributed by atoms with E-state index in [2.05, 4.69) is 10.0 Å². The lowest BCUT2D eigenvalue weighted by Gasteiger charge is -2.19. The van der Waals surface area contributed by atoms with Gasteiger partial charge in [0.2, 0.25) is 15.9 Å². The molecular weight excluding hydrogens is 415 g/mol. The van der Waals surface area contributed by atoms with Gasteiger partial charge >= 0.3 is 0 Å². The van der Waals surface area contributed by atoms with Gasteiger partial charge in [0.25, 0.3) is 0 Å². The molecule has 2 aromatic carbocycles. The van der Waals surface area contributed by atoms with Gasteiger partial charge in [0, 0.05) is 17.9 Å². The lowest BCUT2D eigenvalue weighted by atomic mass is 10.1. The van der Waals surface area contributed by atoms with E-state index >= 15 is 0 Å². The zero-order chi connectivity index (χ0) is 21.0. The van der Waals surface area contributed by atoms with Crippen molar-refractivity contribution >= 4 is 33.0 Å². The average Bonchev–Trinajstić information content (AvgIpc) is 3.21. The van der Waals surface area contributed by atoms with E-state index in [-0.39, 0.29) is 16.6 Å². The molecule has 1 aromatic heterocycles. The molecule has 0 fully saturated rings. The third-order valence-electron chi connectivity index (χ3n) is 4.10. The SMILES string of the molecule is COc1cc(S(=O)(=O)N[C@@H](c2ccc(F)cc2)c2cccs2)ccc1NC(C)=O. The number of anilines is 1. The van der Waals surface area contributed by atoms with Crippen molar-refractivity contribution in [3.8, 4) is 5.75 Å². The van der Waals surface area contributed by atoms with Crippen LogP contribution in [0.4, 0.5) is 10.1 Å². The fraction of sp³-hybridized carbons (Fsp3) is 0.150. The Morgan fingerprint density at radius 1 is 1.14 bits per heavy atom. The summed E-state index contributed by atoms with van der Waals surface area (Å²) >= 11 is 1.39. The van der Waals surface area contributed by atoms with Crippen LogP contribution < -0.4 is 14.8 Å². The number of carbonyl (C=O) groups excluding carboxylic acids is 1. The molecule has 0 spiro atoms. The minimum Gasteiger partial charge on any atom is -0.495 e. The fourth-order valence-electron chi connectivity index (χ4n) is 2.76. The van der Waals surface area contributed by atoms with Gasteiger partial charge in [-0.2, -0.15) is 4.72 Å². The van der Waals surface area contributed by atoms with Gasteiger partial charge in [0.05, 0.1) is 23.7 Å². The van der Waals surface area contributed by atoms with Crippen molar-refractivity contribution in [1.29, 1.82) is 0 Å². The first-order valence-corrected chi connectivity index (χ1v) is 10.9. The summed E-state index contributed by atoms with van der Waals surface area (Å²) in [6.45, 7) is 1.35. The molecule has 6 nitrogen and oxygen atoms in total. The highest BCUT2D eigenvalue weighted by Crippen LogP contribution is 2.31. The maximum atomic E-state index is 13.3. The second-order valence-corrected chi connectivity index (χ2v) is 8.86. The Hall–Kier alpha value is -2.75. The Labute approximate surface area is 172 Å². The molecule has 3 aromatic rings. The van der Waals surface area contributed by atoms with Crippen molar-refractivity contribution in [1.82, 2.24) is 4.72 Å². The van der Waals surface area contributed by atoms with E-state index in [1.165, 1.54) is 55.7 Å². The molecule has 29 heavy (non-hydrogen) atoms. The van der Waals surface area contributed by atoms with Gasteiger partial charge in [0.15, 0.2) is 0 Å². The van der Waals surface area contributed by atoms with E-state index in [4.69, 9.17) is 4.74 Å². The van der Waals surface area contributed by atoms with E-state index in [0.717, 1.165) is 4.88 Å². The number of thiophene rings is 1. The zero-order valence-electron chi connectivity index (χ0n) is 15.7. The summed E-state index contributed by atoms with van der Waals surface area (Å²) in [6.07, 6.45) is 0. The molecule has 3 rings (SSSR count). The molecule has 0 bridgehead atoms. The maximum absolute atomic E-state index is 13.3. The highest BCUT2D eigenvalue weighted by molar-refractivity contribution is 7.89. The van der Waals surface area contributed by atoms with E-state index in [1.54, 1.807) is 12.1 Å². The Morgan fingerprint density at radius 2 is 1.86 bits per heavy atom. The third-order valence-corrected chi connectivity index (χ3v) is 6.46. The number of carbonyl (C=O) groups is 1. The van der Waals surface area contributed by atoms with Crippen LogP contribution in [-0.4, -0.2) is 21.4 Å². The first kappa shape index (κ1) is 21.0. The van der Waals surface area contributed by atoms with Crippen molar-refractivity contribution < 1.29 is 22.3 Å². The van der Waals surface area contributed by atoms with E-state index in [0.29, 0.717) is 11.3 Å². The van der Waals surface area contributed by atoms with E-state index in [9.17, 15) is 17.6 Å². The number of amides is 1. The quantitative estimate of drug-likeness (QED) is 0.590. The Balaban J connectivity index is 1.97. The molecular formula is C20H19FN2O4S2. The van der Waals surface area contributed by atoms with Crippen LogP contribution in [0.3, 0.4) is 0 Å². The van der Waals surface area contributed by atoms with Crippen LogP contribution >= 0.6 is 11.3 Å². The molecule has 1 heterocycles. The second-order valence-electron chi connectivity index (χ2n) is 6.16. The summed E-state index contributed by atoms with van der Waals surface area (Å²) < 4.78 is 47.3. The van der Waals surface area contributed by atoms with Gasteiger partial charge in [-0.25, -0.2) is 12.8 Å². The van der Waals surface area contributed by atoms with Gasteiger partial charge in [-0.1, -0.05) is 18.2 Å². The summed E-state index contributed by atoms with van der Waals surface area (Å²) in [6, 6.07) is 12.8. The van der Waals surface area contributed by atoms with Crippen LogP contribution in [0, 0.1) is 5.82 Å². The Morgan fingerprint density at radius 3 is 2.45 bits per heavy atom. The first-order chi connectivity index (χ1) is 13.8. The molecule has 0 aliphatic rings. The number of sulfonamides is 1. The molecule has 1 atom stereocenters. The van der Waals surface area contributed by atoms with Crippen LogP contribution in [0.15, 0.2) is 64.9 Å². The minimum absolute atomic E-state index is 0.0212. The molecule has 0 aliphatic heterocycles. The standard InChI is InChI=1S/C20H19FN2O4S2/c1-13(24)22-17-10-9-16(12-18(17)27-2)29(25,26)23-20(19-4-3-11-28-19)14-5-7-15(21)8-6-14/h3-12,20,23H,1-2H3,(H,22,24)/t20-/m0/s1. The molecule has 0 unspecified atom stereocenters. The lowest BCUT2D eigenvalue weighted by molar-refractivity contribution is -0.114. The number of nitrogens with one attached hydrogen (secondary N) is 2. The van der Waals surface area contributed by atoms with E-state index in [1.807, 2.05) is 17.5 Å². The van der Waals surface area contributed by atoms with Crippen LogP contribution in [0.5, 0.6) is 5.75 Å². The van der Waals surface area contributed by atoms with Gasteiger partial charge in [-0.15, -0.1) is 11.3 Å². The van der Waals surface area contributed by atoms with Crippen LogP contribution in [0.25, 0.3) is 0 Å². The second kappa shape index (κ2) is 8.73. The number of benzene rings is 2. The van der Waals surface area contributed by atoms with Crippen molar-refractivity contribution in [3.63, 3.8) is 0 Å². The van der Waals surface area contributed by atoms with Crippen LogP contribution in [-0.2, 0) is 14.8 Å². The average molecular weight is 435 g/mol. The fourth-order valence-corrected chi connectivity index (χ4v) is 4.85. The molecule has 1 amide bonds. The highest BCUT2D eigenvalue weighted by atomic mass is 32.2. The smallest absolute Gasteiger partial charge is 0.241 e. The predicted molar refractivity (Wildman–Crippen MR) is 110 cm³/mol. The zero-order valence-corrected chi connectivity index (χ0v) is 17.3. The molecule has 0 radical (unpaired) electrons. The van der Waals surface area contributed by atoms with Gasteiger partial charge < -0.3 is 10.1 Å². The van der Waals surface area contributed by atoms with Gasteiger partial charge in [0.1, 0.15) is 11.6 Å². The number of hydrogen-bond acceptors (Lipinski definition) is 5. The Kier molecular flexibility index (Phi) is 6.31. The minimum atomic E-state index is -3.95. The molecule has 9 heteroatoms. The summed E-state index contributed by atoms with van der Waals surface area (Å²) in [5, 5.41) is 4.42. The van der Waals surface area contributed by atoms with E-state index < -0.39 is 21.9 Å². The topological polar surface area (TPSA) is 84.5 Å². The largest absolute Gasteiger partial charge is 0.495 e. The van der Waals surface area contributed by atoms with Crippen LogP contribution in [0.2, 0.25) is 0 Å². The molecule has 2 N–H and O–H groups in total. The summed E-state index contributed by atoms with van der Waals surface area (Å²) in [4.78, 5) is 12.0. The van der Waals surface area contributed by atoms with Gasteiger partial charge in [-0.05, 0) is 41.3 Å². The Bertz CT molecular complexity index is 1100. The molecule has 152 valence electrons. The van der Waals surface area contributed by atoms with Crippen molar-refractivity contribution in [2.45, 2.75) is 17.9 Å². The van der Waals surface area contributed by atoms with Crippen LogP contribution in [0.1, 0.15) is 23.4 Å².